The van der Waals surface area contributed by atoms with Gasteiger partial charge in [0, 0.05) is 18.3 Å². The number of hydrogen-bond donors (Lipinski definition) is 1. The third-order valence-corrected chi connectivity index (χ3v) is 4.44. The fourth-order valence-corrected chi connectivity index (χ4v) is 3.33. The van der Waals surface area contributed by atoms with Gasteiger partial charge in [0.15, 0.2) is 0 Å². The van der Waals surface area contributed by atoms with E-state index < -0.39 is 0 Å². The average molecular weight is 230 g/mol. The predicted octanol–water partition coefficient (Wildman–Crippen LogP) is 3.03. The van der Waals surface area contributed by atoms with Crippen LogP contribution < -0.4 is 5.73 Å². The van der Waals surface area contributed by atoms with Crippen LogP contribution in [-0.2, 0) is 6.54 Å². The van der Waals surface area contributed by atoms with E-state index >= 15 is 0 Å². The van der Waals surface area contributed by atoms with Crippen LogP contribution >= 0.6 is 0 Å². The Balaban J connectivity index is 1.67. The van der Waals surface area contributed by atoms with Gasteiger partial charge in [-0.1, -0.05) is 18.6 Å². The summed E-state index contributed by atoms with van der Waals surface area (Å²) in [5, 5.41) is 0. The van der Waals surface area contributed by atoms with Gasteiger partial charge in [-0.2, -0.15) is 0 Å². The first-order chi connectivity index (χ1) is 8.33. The van der Waals surface area contributed by atoms with E-state index in [0.29, 0.717) is 0 Å². The molecule has 92 valence electrons. The van der Waals surface area contributed by atoms with Gasteiger partial charge >= 0.3 is 0 Å². The number of nitrogens with two attached hydrogens (primary N) is 1. The number of anilines is 1. The van der Waals surface area contributed by atoms with Crippen molar-refractivity contribution in [2.75, 3.05) is 12.3 Å². The molecule has 1 aromatic carbocycles. The molecule has 1 heterocycles. The molecule has 2 fully saturated rings. The maximum atomic E-state index is 5.85. The summed E-state index contributed by atoms with van der Waals surface area (Å²) < 4.78 is 0. The maximum Gasteiger partial charge on any atom is 0.0317 e. The van der Waals surface area contributed by atoms with E-state index in [1.54, 1.807) is 0 Å². The molecule has 1 aromatic rings. The van der Waals surface area contributed by atoms with Crippen molar-refractivity contribution >= 4 is 5.69 Å². The van der Waals surface area contributed by atoms with E-state index in [1.165, 1.54) is 44.2 Å². The van der Waals surface area contributed by atoms with Crippen molar-refractivity contribution in [3.05, 3.63) is 29.8 Å². The Bertz CT molecular complexity index is 384. The lowest BCUT2D eigenvalue weighted by Crippen LogP contribution is -2.38. The molecule has 0 aromatic heterocycles. The van der Waals surface area contributed by atoms with Gasteiger partial charge in [0.05, 0.1) is 0 Å². The van der Waals surface area contributed by atoms with Crippen molar-refractivity contribution < 1.29 is 0 Å². The minimum atomic E-state index is 0.852. The highest BCUT2D eigenvalue weighted by molar-refractivity contribution is 5.40. The minimum absolute atomic E-state index is 0.852. The first kappa shape index (κ1) is 11.1. The Labute approximate surface area is 104 Å². The van der Waals surface area contributed by atoms with E-state index in [9.17, 15) is 0 Å². The largest absolute Gasteiger partial charge is 0.399 e. The molecule has 2 heteroatoms. The molecule has 0 amide bonds. The number of hydrogen-bond acceptors (Lipinski definition) is 2. The second-order valence-corrected chi connectivity index (χ2v) is 5.62. The summed E-state index contributed by atoms with van der Waals surface area (Å²) >= 11 is 0. The molecule has 1 aliphatic carbocycles. The third kappa shape index (κ3) is 2.32. The van der Waals surface area contributed by atoms with Crippen LogP contribution in [-0.4, -0.2) is 17.5 Å². The molecule has 0 spiro atoms. The van der Waals surface area contributed by atoms with Gasteiger partial charge in [-0.3, -0.25) is 4.90 Å². The maximum absolute atomic E-state index is 5.85. The van der Waals surface area contributed by atoms with Crippen molar-refractivity contribution in [1.29, 1.82) is 0 Å². The van der Waals surface area contributed by atoms with Crippen molar-refractivity contribution in [1.82, 2.24) is 4.90 Å². The van der Waals surface area contributed by atoms with Crippen LogP contribution in [0.25, 0.3) is 0 Å². The molecular formula is C15H22N2. The van der Waals surface area contributed by atoms with E-state index in [0.717, 1.165) is 24.2 Å². The molecule has 1 saturated carbocycles. The third-order valence-electron chi connectivity index (χ3n) is 4.44. The van der Waals surface area contributed by atoms with E-state index in [-0.39, 0.29) is 0 Å². The lowest BCUT2D eigenvalue weighted by Gasteiger charge is -2.37. The quantitative estimate of drug-likeness (QED) is 0.809. The van der Waals surface area contributed by atoms with Crippen LogP contribution in [0.4, 0.5) is 5.69 Å². The summed E-state index contributed by atoms with van der Waals surface area (Å²) in [5.41, 5.74) is 8.11. The molecule has 17 heavy (non-hydrogen) atoms. The number of likely N-dealkylation sites (tertiary alicyclic amines) is 1. The summed E-state index contributed by atoms with van der Waals surface area (Å²) in [7, 11) is 0. The summed E-state index contributed by atoms with van der Waals surface area (Å²) in [6.07, 6.45) is 7.15. The Morgan fingerprint density at radius 3 is 2.76 bits per heavy atom. The Kier molecular flexibility index (Phi) is 3.06. The number of benzene rings is 1. The zero-order valence-electron chi connectivity index (χ0n) is 10.4. The van der Waals surface area contributed by atoms with Gasteiger partial charge in [-0.05, 0) is 55.8 Å². The van der Waals surface area contributed by atoms with Crippen LogP contribution in [0.1, 0.15) is 37.7 Å². The topological polar surface area (TPSA) is 29.3 Å². The second kappa shape index (κ2) is 4.69. The molecule has 0 radical (unpaired) electrons. The van der Waals surface area contributed by atoms with Crippen molar-refractivity contribution in [2.24, 2.45) is 5.92 Å². The lowest BCUT2D eigenvalue weighted by molar-refractivity contribution is 0.126. The molecule has 1 unspecified atom stereocenters. The molecule has 3 rings (SSSR count). The van der Waals surface area contributed by atoms with E-state index in [4.69, 9.17) is 5.73 Å². The number of rotatable bonds is 3. The summed E-state index contributed by atoms with van der Waals surface area (Å²) in [6.45, 7) is 2.36. The molecule has 0 bridgehead atoms. The Hall–Kier alpha value is -1.02. The summed E-state index contributed by atoms with van der Waals surface area (Å²) in [6, 6.07) is 9.21. The molecule has 1 saturated heterocycles. The van der Waals surface area contributed by atoms with Gasteiger partial charge in [-0.15, -0.1) is 0 Å². The van der Waals surface area contributed by atoms with Crippen LogP contribution in [0.5, 0.6) is 0 Å². The summed E-state index contributed by atoms with van der Waals surface area (Å²) in [5.74, 6) is 0.985. The Morgan fingerprint density at radius 1 is 1.18 bits per heavy atom. The SMILES string of the molecule is Nc1cccc(CN2CCCC2C2CCC2)c1. The first-order valence-electron chi connectivity index (χ1n) is 6.91. The van der Waals surface area contributed by atoms with Gasteiger partial charge in [0.25, 0.3) is 0 Å². The smallest absolute Gasteiger partial charge is 0.0317 e. The van der Waals surface area contributed by atoms with Crippen molar-refractivity contribution in [2.45, 2.75) is 44.7 Å². The number of nitrogen functional groups attached to an aromatic ring is 1. The molecule has 1 atom stereocenters. The summed E-state index contributed by atoms with van der Waals surface area (Å²) in [4.78, 5) is 2.68. The van der Waals surface area contributed by atoms with Crippen LogP contribution in [0, 0.1) is 5.92 Å². The van der Waals surface area contributed by atoms with Crippen molar-refractivity contribution in [3.63, 3.8) is 0 Å². The minimum Gasteiger partial charge on any atom is -0.399 e. The predicted molar refractivity (Wildman–Crippen MR) is 71.6 cm³/mol. The van der Waals surface area contributed by atoms with Crippen LogP contribution in [0.15, 0.2) is 24.3 Å². The van der Waals surface area contributed by atoms with Gasteiger partial charge < -0.3 is 5.73 Å². The highest BCUT2D eigenvalue weighted by Crippen LogP contribution is 2.37. The fourth-order valence-electron chi connectivity index (χ4n) is 3.33. The lowest BCUT2D eigenvalue weighted by atomic mass is 9.79. The normalized spacial score (nSPS) is 26.0. The zero-order chi connectivity index (χ0) is 11.7. The molecule has 2 aliphatic rings. The highest BCUT2D eigenvalue weighted by Gasteiger charge is 2.34. The van der Waals surface area contributed by atoms with Crippen LogP contribution in [0.3, 0.4) is 0 Å². The molecule has 2 N–H and O–H groups in total. The fraction of sp³-hybridized carbons (Fsp3) is 0.600. The average Bonchev–Trinajstić information content (AvgIpc) is 2.64. The monoisotopic (exact) mass is 230 g/mol. The number of nitrogens with zero attached hydrogens (tertiary/aromatic N) is 1. The molecule has 1 aliphatic heterocycles. The molecule has 2 nitrogen and oxygen atoms in total. The van der Waals surface area contributed by atoms with E-state index in [2.05, 4.69) is 23.1 Å². The standard InChI is InChI=1S/C15H22N2/c16-14-7-1-4-12(10-14)11-17-9-3-8-15(17)13-5-2-6-13/h1,4,7,10,13,15H,2-3,5-6,8-9,11,16H2. The van der Waals surface area contributed by atoms with Gasteiger partial charge in [-0.25, -0.2) is 0 Å². The van der Waals surface area contributed by atoms with Gasteiger partial charge in [0.2, 0.25) is 0 Å². The van der Waals surface area contributed by atoms with Crippen molar-refractivity contribution in [3.8, 4) is 0 Å². The van der Waals surface area contributed by atoms with Gasteiger partial charge in [0.1, 0.15) is 0 Å². The zero-order valence-corrected chi connectivity index (χ0v) is 10.4. The van der Waals surface area contributed by atoms with E-state index in [1.807, 2.05) is 6.07 Å². The van der Waals surface area contributed by atoms with Crippen LogP contribution in [0.2, 0.25) is 0 Å². The second-order valence-electron chi connectivity index (χ2n) is 5.62. The molecular weight excluding hydrogens is 208 g/mol. The Morgan fingerprint density at radius 2 is 2.06 bits per heavy atom. The first-order valence-corrected chi connectivity index (χ1v) is 6.91. The highest BCUT2D eigenvalue weighted by atomic mass is 15.2.